The van der Waals surface area contributed by atoms with E-state index in [0.717, 1.165) is 40.9 Å². The van der Waals surface area contributed by atoms with Crippen LogP contribution in [0, 0.1) is 23.2 Å². The van der Waals surface area contributed by atoms with Crippen molar-refractivity contribution < 1.29 is 67.4 Å². The summed E-state index contributed by atoms with van der Waals surface area (Å²) in [5.41, 5.74) is -4.34. The Morgan fingerprint density at radius 3 is 1.88 bits per heavy atom. The van der Waals surface area contributed by atoms with Gasteiger partial charge in [-0.15, -0.1) is 0 Å². The van der Waals surface area contributed by atoms with E-state index in [2.05, 4.69) is 0 Å². The predicted octanol–water partition coefficient (Wildman–Crippen LogP) is 0.532. The van der Waals surface area contributed by atoms with E-state index in [0.29, 0.717) is 0 Å². The lowest BCUT2D eigenvalue weighted by molar-refractivity contribution is -0.252. The molecule has 0 aromatic carbocycles. The van der Waals surface area contributed by atoms with Crippen molar-refractivity contribution in [3.05, 3.63) is 11.6 Å². The molecule has 1 saturated carbocycles. The molecule has 0 unspecified atom stereocenters. The molecule has 0 bridgehead atoms. The molecule has 1 saturated heterocycles. The normalized spacial score (nSPS) is 40.3. The van der Waals surface area contributed by atoms with Crippen molar-refractivity contribution in [2.45, 2.75) is 104 Å². The third-order valence-corrected chi connectivity index (χ3v) is 9.01. The smallest absolute Gasteiger partial charge is 0.337 e. The molecule has 2 fully saturated rings. The highest BCUT2D eigenvalue weighted by molar-refractivity contribution is 5.90. The van der Waals surface area contributed by atoms with Gasteiger partial charge in [-0.3, -0.25) is 24.0 Å². The highest BCUT2D eigenvalue weighted by Crippen LogP contribution is 2.56. The predicted molar refractivity (Wildman–Crippen MR) is 142 cm³/mol. The lowest BCUT2D eigenvalue weighted by atomic mass is 9.52. The molecule has 0 spiro atoms. The van der Waals surface area contributed by atoms with Crippen LogP contribution in [0.15, 0.2) is 11.6 Å². The van der Waals surface area contributed by atoms with Crippen molar-refractivity contribution in [2.75, 3.05) is 7.11 Å². The average Bonchev–Trinajstić information content (AvgIpc) is 3.11. The number of aliphatic hydroxyl groups excluding tert-OH is 1. The summed E-state index contributed by atoms with van der Waals surface area (Å²) in [5, 5.41) is 23.7. The van der Waals surface area contributed by atoms with Gasteiger partial charge in [-0.1, -0.05) is 13.8 Å². The van der Waals surface area contributed by atoms with Crippen molar-refractivity contribution in [2.24, 2.45) is 23.2 Å². The van der Waals surface area contributed by atoms with E-state index in [9.17, 15) is 39.0 Å². The number of carbonyl (C=O) groups is 6. The molecule has 2 N–H and O–H groups in total. The van der Waals surface area contributed by atoms with E-state index >= 15 is 0 Å². The minimum Gasteiger partial charge on any atom is -0.466 e. The standard InChI is InChI=1S/C29H40O14/c1-12-19(34)10-21(40-15(4)31)28(7)22(41-16(5)32)11-20(39-14(3)30)18(27(36)38-8)9-23-29(37,13(2)26(35)43-23)25(24(12)28)42-17(6)33/h9,12-13,19-25,34,37H,10-11H2,1-8H3/b18-9+/t12-,13-,19-,20+,21-,22+,23-,24+,25+,28+,29-/m0/s1. The van der Waals surface area contributed by atoms with Crippen LogP contribution in [-0.2, 0) is 57.2 Å². The second-order valence-electron chi connectivity index (χ2n) is 11.7. The molecule has 43 heavy (non-hydrogen) atoms. The molecule has 2 aliphatic carbocycles. The number of methoxy groups -OCH3 is 1. The first-order valence-electron chi connectivity index (χ1n) is 14.0. The summed E-state index contributed by atoms with van der Waals surface area (Å²) >= 11 is 0. The molecular weight excluding hydrogens is 572 g/mol. The van der Waals surface area contributed by atoms with Crippen LogP contribution in [0.5, 0.6) is 0 Å². The Morgan fingerprint density at radius 1 is 0.884 bits per heavy atom. The van der Waals surface area contributed by atoms with Gasteiger partial charge in [0.2, 0.25) is 0 Å². The lowest BCUT2D eigenvalue weighted by Crippen LogP contribution is -2.69. The maximum atomic E-state index is 13.1. The maximum absolute atomic E-state index is 13.1. The van der Waals surface area contributed by atoms with Crippen LogP contribution >= 0.6 is 0 Å². The fraction of sp³-hybridized carbons (Fsp3) is 0.724. The third kappa shape index (κ3) is 6.26. The molecule has 3 aliphatic rings. The molecule has 0 aromatic rings. The number of hydrogen-bond acceptors (Lipinski definition) is 14. The Balaban J connectivity index is 2.52. The molecule has 0 aromatic heterocycles. The van der Waals surface area contributed by atoms with Gasteiger partial charge in [-0.05, 0) is 18.9 Å². The molecule has 3 rings (SSSR count). The SMILES string of the molecule is COC(=O)/C1=C/[C@@H]2OC(=O)[C@H](C)[C@@]2(O)[C@H](OC(C)=O)[C@H]2[C@@H](C)[C@@H](O)C[C@H](OC(C)=O)[C@]2(C)[C@H](OC(C)=O)C[C@H]1OC(C)=O. The fourth-order valence-electron chi connectivity index (χ4n) is 6.92. The van der Waals surface area contributed by atoms with Gasteiger partial charge < -0.3 is 38.6 Å². The summed E-state index contributed by atoms with van der Waals surface area (Å²) in [6.45, 7) is 8.95. The molecule has 14 heteroatoms. The van der Waals surface area contributed by atoms with Gasteiger partial charge in [0.25, 0.3) is 0 Å². The maximum Gasteiger partial charge on any atom is 0.337 e. The Labute approximate surface area is 248 Å². The molecule has 0 amide bonds. The van der Waals surface area contributed by atoms with Crippen LogP contribution in [0.25, 0.3) is 0 Å². The van der Waals surface area contributed by atoms with Crippen molar-refractivity contribution in [1.82, 2.24) is 0 Å². The molecule has 1 heterocycles. The summed E-state index contributed by atoms with van der Waals surface area (Å²) in [6, 6.07) is 0. The first kappa shape index (κ1) is 34.0. The molecule has 240 valence electrons. The summed E-state index contributed by atoms with van der Waals surface area (Å²) in [6.07, 6.45) is -7.99. The van der Waals surface area contributed by atoms with Crippen molar-refractivity contribution in [3.8, 4) is 0 Å². The topological polar surface area (TPSA) is 198 Å². The quantitative estimate of drug-likeness (QED) is 0.322. The summed E-state index contributed by atoms with van der Waals surface area (Å²) in [4.78, 5) is 76.0. The van der Waals surface area contributed by atoms with Gasteiger partial charge in [0.1, 0.15) is 24.4 Å². The van der Waals surface area contributed by atoms with Crippen LogP contribution < -0.4 is 0 Å². The zero-order chi connectivity index (χ0) is 32.6. The van der Waals surface area contributed by atoms with Crippen LogP contribution in [0.3, 0.4) is 0 Å². The van der Waals surface area contributed by atoms with E-state index in [4.69, 9.17) is 28.4 Å². The Morgan fingerprint density at radius 2 is 1.40 bits per heavy atom. The monoisotopic (exact) mass is 612 g/mol. The first-order chi connectivity index (χ1) is 19.9. The average molecular weight is 613 g/mol. The third-order valence-electron chi connectivity index (χ3n) is 9.01. The van der Waals surface area contributed by atoms with E-state index < -0.39 is 108 Å². The Hall–Kier alpha value is -3.52. The molecular formula is C29H40O14. The number of aliphatic hydroxyl groups is 2. The first-order valence-corrected chi connectivity index (χ1v) is 14.0. The van der Waals surface area contributed by atoms with Gasteiger partial charge in [0.15, 0.2) is 11.7 Å². The minimum atomic E-state index is -2.39. The number of ether oxygens (including phenoxy) is 6. The highest BCUT2D eigenvalue weighted by atomic mass is 16.6. The van der Waals surface area contributed by atoms with Gasteiger partial charge in [0, 0.05) is 51.9 Å². The zero-order valence-corrected chi connectivity index (χ0v) is 25.5. The summed E-state index contributed by atoms with van der Waals surface area (Å²) in [7, 11) is 1.06. The zero-order valence-electron chi connectivity index (χ0n) is 25.5. The van der Waals surface area contributed by atoms with Crippen molar-refractivity contribution >= 4 is 35.8 Å². The Kier molecular flexibility index (Phi) is 9.96. The number of rotatable bonds is 5. The van der Waals surface area contributed by atoms with Crippen LogP contribution in [0.1, 0.15) is 61.3 Å². The fourth-order valence-corrected chi connectivity index (χ4v) is 6.92. The van der Waals surface area contributed by atoms with Crippen LogP contribution in [-0.4, -0.2) is 95.4 Å². The van der Waals surface area contributed by atoms with E-state index in [1.165, 1.54) is 6.92 Å². The number of fused-ring (bicyclic) bond motifs is 2. The van der Waals surface area contributed by atoms with Gasteiger partial charge in [-0.25, -0.2) is 4.79 Å². The van der Waals surface area contributed by atoms with Gasteiger partial charge in [-0.2, -0.15) is 0 Å². The number of esters is 6. The summed E-state index contributed by atoms with van der Waals surface area (Å²) < 4.78 is 33.3. The minimum absolute atomic E-state index is 0.150. The summed E-state index contributed by atoms with van der Waals surface area (Å²) in [5.74, 6) is -8.50. The van der Waals surface area contributed by atoms with E-state index in [-0.39, 0.29) is 12.0 Å². The van der Waals surface area contributed by atoms with Crippen LogP contribution in [0.2, 0.25) is 0 Å². The lowest BCUT2D eigenvalue weighted by Gasteiger charge is -2.58. The van der Waals surface area contributed by atoms with Gasteiger partial charge >= 0.3 is 35.8 Å². The van der Waals surface area contributed by atoms with Gasteiger partial charge in [0.05, 0.1) is 24.7 Å². The van der Waals surface area contributed by atoms with E-state index in [1.807, 2.05) is 0 Å². The highest BCUT2D eigenvalue weighted by Gasteiger charge is 2.69. The van der Waals surface area contributed by atoms with Crippen LogP contribution in [0.4, 0.5) is 0 Å². The second kappa shape index (κ2) is 12.6. The number of hydrogen-bond donors (Lipinski definition) is 2. The molecule has 0 radical (unpaired) electrons. The largest absolute Gasteiger partial charge is 0.466 e. The van der Waals surface area contributed by atoms with Crippen molar-refractivity contribution in [1.29, 1.82) is 0 Å². The number of carbonyl (C=O) groups excluding carboxylic acids is 6. The molecule has 1 aliphatic heterocycles. The second-order valence-corrected chi connectivity index (χ2v) is 11.7. The van der Waals surface area contributed by atoms with Crippen molar-refractivity contribution in [3.63, 3.8) is 0 Å². The Bertz CT molecular complexity index is 1190. The van der Waals surface area contributed by atoms with E-state index in [1.54, 1.807) is 13.8 Å². The molecule has 11 atom stereocenters. The molecule has 14 nitrogen and oxygen atoms in total.